The molecule has 0 aromatic heterocycles. The summed E-state index contributed by atoms with van der Waals surface area (Å²) in [6.45, 7) is 0.963. The Hall–Kier alpha value is -1.35. The van der Waals surface area contributed by atoms with Crippen LogP contribution in [0, 0.1) is 0 Å². The van der Waals surface area contributed by atoms with Gasteiger partial charge in [0.1, 0.15) is 0 Å². The predicted molar refractivity (Wildman–Crippen MR) is 54.8 cm³/mol. The summed E-state index contributed by atoms with van der Waals surface area (Å²) in [7, 11) is 0. The summed E-state index contributed by atoms with van der Waals surface area (Å²) in [6.07, 6.45) is 1.78. The van der Waals surface area contributed by atoms with E-state index in [9.17, 15) is 4.79 Å². The Kier molecular flexibility index (Phi) is 2.79. The quantitative estimate of drug-likeness (QED) is 0.693. The summed E-state index contributed by atoms with van der Waals surface area (Å²) in [5, 5.41) is 6.24. The first-order valence-electron chi connectivity index (χ1n) is 4.90. The topological polar surface area (TPSA) is 41.1 Å². The van der Waals surface area contributed by atoms with E-state index in [0.717, 1.165) is 19.4 Å². The fraction of sp³-hybridized carbons (Fsp3) is 0.364. The van der Waals surface area contributed by atoms with E-state index in [-0.39, 0.29) is 12.1 Å². The van der Waals surface area contributed by atoms with Crippen molar-refractivity contribution in [1.82, 2.24) is 10.6 Å². The van der Waals surface area contributed by atoms with E-state index >= 15 is 0 Å². The number of carbonyl (C=O) groups is 1. The van der Waals surface area contributed by atoms with Gasteiger partial charge >= 0.3 is 0 Å². The van der Waals surface area contributed by atoms with Crippen molar-refractivity contribution in [3.05, 3.63) is 35.9 Å². The molecule has 1 saturated heterocycles. The van der Waals surface area contributed by atoms with Crippen molar-refractivity contribution < 1.29 is 4.79 Å². The summed E-state index contributed by atoms with van der Waals surface area (Å²) in [4.78, 5) is 10.4. The molecule has 1 aliphatic rings. The van der Waals surface area contributed by atoms with Crippen LogP contribution in [0.1, 0.15) is 18.0 Å². The molecule has 14 heavy (non-hydrogen) atoms. The molecule has 1 heterocycles. The first-order chi connectivity index (χ1) is 6.92. The van der Waals surface area contributed by atoms with Gasteiger partial charge in [0.25, 0.3) is 0 Å². The van der Waals surface area contributed by atoms with Gasteiger partial charge in [0.2, 0.25) is 6.41 Å². The lowest BCUT2D eigenvalue weighted by Crippen LogP contribution is -2.33. The Bertz CT molecular complexity index is 299. The summed E-state index contributed by atoms with van der Waals surface area (Å²) < 4.78 is 0. The number of rotatable bonds is 3. The highest BCUT2D eigenvalue weighted by molar-refractivity contribution is 5.47. The third kappa shape index (κ3) is 1.77. The van der Waals surface area contributed by atoms with Crippen molar-refractivity contribution >= 4 is 6.41 Å². The van der Waals surface area contributed by atoms with Gasteiger partial charge in [-0.3, -0.25) is 4.79 Å². The largest absolute Gasteiger partial charge is 0.354 e. The first-order valence-corrected chi connectivity index (χ1v) is 4.90. The SMILES string of the molecule is O=CNC1CCNC1c1ccccc1. The number of amides is 1. The molecule has 2 N–H and O–H groups in total. The maximum absolute atomic E-state index is 10.4. The molecule has 0 aliphatic carbocycles. The van der Waals surface area contributed by atoms with Crippen LogP contribution in [0.25, 0.3) is 0 Å². The van der Waals surface area contributed by atoms with Crippen molar-refractivity contribution in [2.45, 2.75) is 18.5 Å². The van der Waals surface area contributed by atoms with Crippen LogP contribution in [0.5, 0.6) is 0 Å². The van der Waals surface area contributed by atoms with E-state index in [1.165, 1.54) is 5.56 Å². The molecule has 2 rings (SSSR count). The molecule has 3 nitrogen and oxygen atoms in total. The maximum atomic E-state index is 10.4. The summed E-state index contributed by atoms with van der Waals surface area (Å²) in [5.41, 5.74) is 1.24. The molecular weight excluding hydrogens is 176 g/mol. The average Bonchev–Trinajstić information content (AvgIpc) is 2.68. The van der Waals surface area contributed by atoms with Gasteiger partial charge in [0.05, 0.1) is 6.04 Å². The minimum Gasteiger partial charge on any atom is -0.354 e. The van der Waals surface area contributed by atoms with Gasteiger partial charge < -0.3 is 10.6 Å². The van der Waals surface area contributed by atoms with Crippen molar-refractivity contribution in [3.63, 3.8) is 0 Å². The highest BCUT2D eigenvalue weighted by atomic mass is 16.1. The molecule has 74 valence electrons. The van der Waals surface area contributed by atoms with Crippen LogP contribution in [0.3, 0.4) is 0 Å². The Labute approximate surface area is 83.5 Å². The van der Waals surface area contributed by atoms with E-state index in [0.29, 0.717) is 0 Å². The molecule has 1 aliphatic heterocycles. The zero-order valence-corrected chi connectivity index (χ0v) is 7.94. The zero-order valence-electron chi connectivity index (χ0n) is 7.94. The second-order valence-corrected chi connectivity index (χ2v) is 3.52. The molecular formula is C11H14N2O. The van der Waals surface area contributed by atoms with E-state index in [1.54, 1.807) is 0 Å². The van der Waals surface area contributed by atoms with Crippen LogP contribution < -0.4 is 10.6 Å². The average molecular weight is 190 g/mol. The van der Waals surface area contributed by atoms with Crippen LogP contribution in [0.4, 0.5) is 0 Å². The molecule has 1 aromatic rings. The van der Waals surface area contributed by atoms with Gasteiger partial charge in [-0.25, -0.2) is 0 Å². The standard InChI is InChI=1S/C11H14N2O/c14-8-13-10-6-7-12-11(10)9-4-2-1-3-5-9/h1-5,8,10-12H,6-7H2,(H,13,14). The van der Waals surface area contributed by atoms with E-state index in [2.05, 4.69) is 22.8 Å². The highest BCUT2D eigenvalue weighted by Crippen LogP contribution is 2.22. The number of carbonyl (C=O) groups excluding carboxylic acids is 1. The molecule has 1 amide bonds. The van der Waals surface area contributed by atoms with E-state index in [4.69, 9.17) is 0 Å². The molecule has 3 heteroatoms. The second kappa shape index (κ2) is 4.24. The minimum atomic E-state index is 0.231. The normalized spacial score (nSPS) is 26.0. The van der Waals surface area contributed by atoms with Crippen molar-refractivity contribution in [2.24, 2.45) is 0 Å². The molecule has 0 radical (unpaired) electrons. The molecule has 2 atom stereocenters. The first kappa shape index (κ1) is 9.21. The van der Waals surface area contributed by atoms with Crippen LogP contribution in [0.2, 0.25) is 0 Å². The molecule has 0 bridgehead atoms. The smallest absolute Gasteiger partial charge is 0.207 e. The van der Waals surface area contributed by atoms with Crippen LogP contribution in [-0.2, 0) is 4.79 Å². The van der Waals surface area contributed by atoms with Crippen LogP contribution in [0.15, 0.2) is 30.3 Å². The third-order valence-electron chi connectivity index (χ3n) is 2.66. The summed E-state index contributed by atoms with van der Waals surface area (Å²) >= 11 is 0. The Morgan fingerprint density at radius 1 is 1.36 bits per heavy atom. The van der Waals surface area contributed by atoms with Gasteiger partial charge in [0.15, 0.2) is 0 Å². The van der Waals surface area contributed by atoms with Crippen LogP contribution in [-0.4, -0.2) is 19.0 Å². The minimum absolute atomic E-state index is 0.231. The maximum Gasteiger partial charge on any atom is 0.207 e. The third-order valence-corrected chi connectivity index (χ3v) is 2.66. The van der Waals surface area contributed by atoms with Crippen LogP contribution >= 0.6 is 0 Å². The molecule has 0 spiro atoms. The lowest BCUT2D eigenvalue weighted by atomic mass is 10.0. The fourth-order valence-corrected chi connectivity index (χ4v) is 1.98. The second-order valence-electron chi connectivity index (χ2n) is 3.52. The van der Waals surface area contributed by atoms with E-state index in [1.807, 2.05) is 18.2 Å². The predicted octanol–water partition coefficient (Wildman–Crippen LogP) is 0.836. The molecule has 1 fully saturated rings. The number of nitrogens with one attached hydrogen (secondary N) is 2. The summed E-state index contributed by atoms with van der Waals surface area (Å²) in [5.74, 6) is 0. The highest BCUT2D eigenvalue weighted by Gasteiger charge is 2.27. The Morgan fingerprint density at radius 2 is 2.14 bits per heavy atom. The van der Waals surface area contributed by atoms with Gasteiger partial charge in [-0.2, -0.15) is 0 Å². The monoisotopic (exact) mass is 190 g/mol. The van der Waals surface area contributed by atoms with Crippen molar-refractivity contribution in [3.8, 4) is 0 Å². The van der Waals surface area contributed by atoms with Gasteiger partial charge in [-0.1, -0.05) is 30.3 Å². The summed E-state index contributed by atoms with van der Waals surface area (Å²) in [6, 6.07) is 10.7. The Balaban J connectivity index is 2.13. The van der Waals surface area contributed by atoms with Gasteiger partial charge in [-0.15, -0.1) is 0 Å². The number of benzene rings is 1. The lowest BCUT2D eigenvalue weighted by Gasteiger charge is -2.18. The van der Waals surface area contributed by atoms with Crippen molar-refractivity contribution in [2.75, 3.05) is 6.54 Å². The number of hydrogen-bond acceptors (Lipinski definition) is 2. The zero-order chi connectivity index (χ0) is 9.80. The lowest BCUT2D eigenvalue weighted by molar-refractivity contribution is -0.110. The fourth-order valence-electron chi connectivity index (χ4n) is 1.98. The van der Waals surface area contributed by atoms with Gasteiger partial charge in [0, 0.05) is 6.04 Å². The van der Waals surface area contributed by atoms with Gasteiger partial charge in [-0.05, 0) is 18.5 Å². The van der Waals surface area contributed by atoms with E-state index < -0.39 is 0 Å². The molecule has 0 saturated carbocycles. The Morgan fingerprint density at radius 3 is 2.86 bits per heavy atom. The van der Waals surface area contributed by atoms with Crippen molar-refractivity contribution in [1.29, 1.82) is 0 Å². The molecule has 2 unspecified atom stereocenters. The molecule has 1 aromatic carbocycles. The number of hydrogen-bond donors (Lipinski definition) is 2.